The summed E-state index contributed by atoms with van der Waals surface area (Å²) in [6.07, 6.45) is 3.22. The molecule has 12 heteroatoms. The highest BCUT2D eigenvalue weighted by atomic mass is 19.3. The highest BCUT2D eigenvalue weighted by Crippen LogP contribution is 2.30. The summed E-state index contributed by atoms with van der Waals surface area (Å²) in [6, 6.07) is 12.1. The van der Waals surface area contributed by atoms with E-state index in [1.54, 1.807) is 42.2 Å². The zero-order chi connectivity index (χ0) is 25.4. The van der Waals surface area contributed by atoms with Gasteiger partial charge in [0.25, 0.3) is 5.91 Å². The summed E-state index contributed by atoms with van der Waals surface area (Å²) in [4.78, 5) is 16.8. The number of halogens is 4. The molecule has 0 radical (unpaired) electrons. The molecule has 0 fully saturated rings. The Morgan fingerprint density at radius 2 is 1.78 bits per heavy atom. The molecule has 5 rings (SSSR count). The standard InChI is InChI=1S/C24H16F4N6O2/c1-33-11-17(22(32-33)13-2-4-14(25)5-3-13)19-8-9-21-29-20(12-34(21)31-19)30-23(35)16-7-6-15(10-18(16)26)36-24(27)28/h2-12,24H,1H3,(H,30,35). The van der Waals surface area contributed by atoms with E-state index in [2.05, 4.69) is 25.2 Å². The van der Waals surface area contributed by atoms with E-state index in [-0.39, 0.29) is 17.2 Å². The summed E-state index contributed by atoms with van der Waals surface area (Å²) in [5.74, 6) is -2.52. The van der Waals surface area contributed by atoms with Gasteiger partial charge in [-0.3, -0.25) is 9.48 Å². The first-order chi connectivity index (χ1) is 17.3. The number of fused-ring (bicyclic) bond motifs is 1. The van der Waals surface area contributed by atoms with Gasteiger partial charge in [0.05, 0.1) is 17.5 Å². The molecule has 1 N–H and O–H groups in total. The summed E-state index contributed by atoms with van der Waals surface area (Å²) in [6.45, 7) is -3.11. The topological polar surface area (TPSA) is 86.3 Å². The third-order valence-electron chi connectivity index (χ3n) is 5.19. The Hall–Kier alpha value is -4.74. The van der Waals surface area contributed by atoms with Crippen molar-refractivity contribution in [3.63, 3.8) is 0 Å². The van der Waals surface area contributed by atoms with Gasteiger partial charge in [0.15, 0.2) is 11.5 Å². The Labute approximate surface area is 200 Å². The van der Waals surface area contributed by atoms with Crippen LogP contribution < -0.4 is 10.1 Å². The number of aromatic nitrogens is 5. The summed E-state index contributed by atoms with van der Waals surface area (Å²) < 4.78 is 59.4. The van der Waals surface area contributed by atoms with Gasteiger partial charge in [-0.2, -0.15) is 19.0 Å². The van der Waals surface area contributed by atoms with Crippen LogP contribution in [0.4, 0.5) is 23.4 Å². The molecule has 5 aromatic rings. The van der Waals surface area contributed by atoms with Crippen LogP contribution in [0.3, 0.4) is 0 Å². The Balaban J connectivity index is 1.41. The molecule has 0 aliphatic heterocycles. The molecule has 0 spiro atoms. The number of hydrogen-bond donors (Lipinski definition) is 1. The lowest BCUT2D eigenvalue weighted by Crippen LogP contribution is -2.14. The van der Waals surface area contributed by atoms with E-state index >= 15 is 0 Å². The molecular formula is C24H16F4N6O2. The summed E-state index contributed by atoms with van der Waals surface area (Å²) in [5.41, 5.74) is 2.58. The lowest BCUT2D eigenvalue weighted by Gasteiger charge is -2.07. The normalized spacial score (nSPS) is 11.3. The van der Waals surface area contributed by atoms with Gasteiger partial charge in [-0.05, 0) is 48.5 Å². The number of rotatable bonds is 6. The van der Waals surface area contributed by atoms with Crippen LogP contribution >= 0.6 is 0 Å². The van der Waals surface area contributed by atoms with Crippen molar-refractivity contribution in [3.8, 4) is 28.3 Å². The fourth-order valence-electron chi connectivity index (χ4n) is 3.62. The van der Waals surface area contributed by atoms with Crippen LogP contribution in [0.1, 0.15) is 10.4 Å². The second kappa shape index (κ2) is 9.13. The lowest BCUT2D eigenvalue weighted by molar-refractivity contribution is -0.0500. The molecule has 1 amide bonds. The molecule has 36 heavy (non-hydrogen) atoms. The molecule has 2 aromatic carbocycles. The van der Waals surface area contributed by atoms with Gasteiger partial charge < -0.3 is 10.1 Å². The molecule has 182 valence electrons. The third kappa shape index (κ3) is 4.60. The van der Waals surface area contributed by atoms with Crippen LogP contribution in [-0.4, -0.2) is 36.9 Å². The van der Waals surface area contributed by atoms with Crippen LogP contribution in [0.15, 0.2) is 67.0 Å². The molecule has 0 saturated heterocycles. The van der Waals surface area contributed by atoms with Gasteiger partial charge in [-0.25, -0.2) is 18.3 Å². The molecule has 0 saturated carbocycles. The first kappa shape index (κ1) is 23.0. The van der Waals surface area contributed by atoms with E-state index in [4.69, 9.17) is 0 Å². The average Bonchev–Trinajstić information content (AvgIpc) is 3.41. The Kier molecular flexibility index (Phi) is 5.84. The van der Waals surface area contributed by atoms with Gasteiger partial charge in [-0.15, -0.1) is 0 Å². The Bertz CT molecular complexity index is 1580. The third-order valence-corrected chi connectivity index (χ3v) is 5.19. The number of ether oxygens (including phenoxy) is 1. The fourth-order valence-corrected chi connectivity index (χ4v) is 3.62. The van der Waals surface area contributed by atoms with Crippen molar-refractivity contribution in [2.45, 2.75) is 6.61 Å². The first-order valence-electron chi connectivity index (χ1n) is 10.5. The van der Waals surface area contributed by atoms with Gasteiger partial charge in [0.2, 0.25) is 0 Å². The lowest BCUT2D eigenvalue weighted by atomic mass is 10.1. The minimum absolute atomic E-state index is 0.0990. The highest BCUT2D eigenvalue weighted by molar-refractivity contribution is 6.04. The highest BCUT2D eigenvalue weighted by Gasteiger charge is 2.18. The fraction of sp³-hybridized carbons (Fsp3) is 0.0833. The molecule has 3 aromatic heterocycles. The zero-order valence-electron chi connectivity index (χ0n) is 18.5. The summed E-state index contributed by atoms with van der Waals surface area (Å²) >= 11 is 0. The number of alkyl halides is 2. The van der Waals surface area contributed by atoms with Crippen LogP contribution in [0.2, 0.25) is 0 Å². The quantitative estimate of drug-likeness (QED) is 0.337. The number of benzene rings is 2. The van der Waals surface area contributed by atoms with E-state index in [0.717, 1.165) is 12.1 Å². The van der Waals surface area contributed by atoms with Crippen LogP contribution in [0.5, 0.6) is 5.75 Å². The number of amides is 1. The number of nitrogens with one attached hydrogen (secondary N) is 1. The van der Waals surface area contributed by atoms with Crippen LogP contribution in [-0.2, 0) is 7.05 Å². The van der Waals surface area contributed by atoms with Gasteiger partial charge in [0.1, 0.15) is 23.1 Å². The van der Waals surface area contributed by atoms with Crippen molar-refractivity contribution in [2.75, 3.05) is 5.32 Å². The molecule has 0 aliphatic rings. The summed E-state index contributed by atoms with van der Waals surface area (Å²) in [5, 5.41) is 11.5. The molecule has 0 unspecified atom stereocenters. The number of aryl methyl sites for hydroxylation is 1. The second-order valence-electron chi connectivity index (χ2n) is 7.69. The van der Waals surface area contributed by atoms with E-state index in [1.807, 2.05) is 0 Å². The Morgan fingerprint density at radius 1 is 1.00 bits per heavy atom. The monoisotopic (exact) mass is 496 g/mol. The van der Waals surface area contributed by atoms with Crippen molar-refractivity contribution < 1.29 is 27.1 Å². The minimum atomic E-state index is -3.11. The smallest absolute Gasteiger partial charge is 0.387 e. The SMILES string of the molecule is Cn1cc(-c2ccc3nc(NC(=O)c4ccc(OC(F)F)cc4F)cn3n2)c(-c2ccc(F)cc2)n1. The molecule has 0 aliphatic carbocycles. The average molecular weight is 496 g/mol. The zero-order valence-corrected chi connectivity index (χ0v) is 18.5. The Morgan fingerprint density at radius 3 is 2.50 bits per heavy atom. The van der Waals surface area contributed by atoms with Gasteiger partial charge in [0, 0.05) is 30.4 Å². The van der Waals surface area contributed by atoms with Crippen molar-refractivity contribution in [1.29, 1.82) is 0 Å². The maximum absolute atomic E-state index is 14.2. The van der Waals surface area contributed by atoms with Crippen LogP contribution in [0, 0.1) is 11.6 Å². The maximum Gasteiger partial charge on any atom is 0.387 e. The van der Waals surface area contributed by atoms with Gasteiger partial charge in [-0.1, -0.05) is 0 Å². The summed E-state index contributed by atoms with van der Waals surface area (Å²) in [7, 11) is 1.76. The van der Waals surface area contributed by atoms with Crippen molar-refractivity contribution in [1.82, 2.24) is 24.4 Å². The molecule has 0 atom stereocenters. The molecule has 3 heterocycles. The van der Waals surface area contributed by atoms with Crippen molar-refractivity contribution >= 4 is 17.4 Å². The first-order valence-corrected chi connectivity index (χ1v) is 10.5. The molecular weight excluding hydrogens is 480 g/mol. The van der Waals surface area contributed by atoms with Crippen molar-refractivity contribution in [2.24, 2.45) is 7.05 Å². The predicted octanol–water partition coefficient (Wildman–Crippen LogP) is 4.93. The van der Waals surface area contributed by atoms with E-state index in [0.29, 0.717) is 34.2 Å². The van der Waals surface area contributed by atoms with Crippen molar-refractivity contribution in [3.05, 3.63) is 84.2 Å². The number of anilines is 1. The van der Waals surface area contributed by atoms with Crippen LogP contribution in [0.25, 0.3) is 28.2 Å². The number of carbonyl (C=O) groups is 1. The maximum atomic E-state index is 14.2. The van der Waals surface area contributed by atoms with E-state index in [9.17, 15) is 22.4 Å². The number of carbonyl (C=O) groups excluding carboxylic acids is 1. The largest absolute Gasteiger partial charge is 0.435 e. The second-order valence-corrected chi connectivity index (χ2v) is 7.69. The number of nitrogens with zero attached hydrogens (tertiary/aromatic N) is 5. The molecule has 8 nitrogen and oxygen atoms in total. The molecule has 0 bridgehead atoms. The predicted molar refractivity (Wildman–Crippen MR) is 122 cm³/mol. The number of imidazole rings is 1. The minimum Gasteiger partial charge on any atom is -0.435 e. The van der Waals surface area contributed by atoms with E-state index < -0.39 is 24.1 Å². The van der Waals surface area contributed by atoms with E-state index in [1.165, 1.54) is 22.8 Å². The number of hydrogen-bond acceptors (Lipinski definition) is 5. The van der Waals surface area contributed by atoms with Gasteiger partial charge >= 0.3 is 6.61 Å².